The second kappa shape index (κ2) is 13.6. The zero-order valence-electron chi connectivity index (χ0n) is 41.1. The minimum Gasteiger partial charge on any atom is -0.312 e. The van der Waals surface area contributed by atoms with Crippen molar-refractivity contribution in [1.29, 1.82) is 0 Å². The highest BCUT2D eigenvalue weighted by Gasteiger charge is 2.48. The molecule has 5 heteroatoms. The first kappa shape index (κ1) is 41.9. The van der Waals surface area contributed by atoms with Crippen molar-refractivity contribution < 1.29 is 0 Å². The monoisotopic (exact) mass is 865 g/mol. The Kier molecular flexibility index (Phi) is 8.79. The van der Waals surface area contributed by atoms with Gasteiger partial charge in [-0.2, -0.15) is 0 Å². The van der Waals surface area contributed by atoms with Crippen LogP contribution in [0.15, 0.2) is 133 Å². The third-order valence-electron chi connectivity index (χ3n) is 15.2. The molecule has 0 fully saturated rings. The van der Waals surface area contributed by atoms with Gasteiger partial charge in [0.15, 0.2) is 0 Å². The lowest BCUT2D eigenvalue weighted by molar-refractivity contribution is 0.590. The smallest absolute Gasteiger partial charge is 0.252 e. The molecule has 0 spiro atoms. The number of rotatable bonds is 3. The van der Waals surface area contributed by atoms with Crippen LogP contribution in [0.25, 0.3) is 27.5 Å². The average Bonchev–Trinajstić information content (AvgIpc) is 3.58. The Bertz CT molecular complexity index is 3210. The molecule has 3 aliphatic heterocycles. The van der Waals surface area contributed by atoms with Crippen LogP contribution in [0.2, 0.25) is 13.1 Å². The van der Waals surface area contributed by atoms with E-state index in [4.69, 9.17) is 0 Å². The molecule has 7 aromatic carbocycles. The van der Waals surface area contributed by atoms with E-state index in [9.17, 15) is 0 Å². The van der Waals surface area contributed by atoms with Crippen molar-refractivity contribution in [1.82, 2.24) is 4.57 Å². The fraction of sp³-hybridized carbons (Fsp3) is 0.300. The first-order valence-electron chi connectivity index (χ1n) is 23.9. The topological polar surface area (TPSA) is 11.4 Å². The second-order valence-corrected chi connectivity index (χ2v) is 28.3. The van der Waals surface area contributed by atoms with E-state index in [2.05, 4.69) is 244 Å². The predicted molar refractivity (Wildman–Crippen MR) is 286 cm³/mol. The number of para-hydroxylation sites is 2. The third-order valence-corrected chi connectivity index (χ3v) is 18.7. The van der Waals surface area contributed by atoms with E-state index < -0.39 is 8.07 Å². The summed E-state index contributed by atoms with van der Waals surface area (Å²) < 4.78 is 2.66. The number of fused-ring (bicyclic) bond motifs is 9. The predicted octanol–water partition coefficient (Wildman–Crippen LogP) is 13.2. The van der Waals surface area contributed by atoms with Gasteiger partial charge in [0.1, 0.15) is 8.07 Å². The van der Waals surface area contributed by atoms with E-state index in [1.807, 2.05) is 0 Å². The molecule has 11 rings (SSSR count). The SMILES string of the molecule is CC(C)(C)c1ccc(N(c2ccc(C(C)(C)C)cc2)c2cc3c4c(c2)-n2c5ccc(C(C)(C)C)cc5c5cc(C(C)(C)C)cc(c52)B4c2cccc4c2N3c2ccccc2[Si]4(C)C)cc1. The number of hydrogen-bond donors (Lipinski definition) is 0. The van der Waals surface area contributed by atoms with Crippen molar-refractivity contribution >= 4 is 97.5 Å². The van der Waals surface area contributed by atoms with Gasteiger partial charge in [-0.05, 0) is 131 Å². The maximum atomic E-state index is 2.68. The molecule has 0 bridgehead atoms. The van der Waals surface area contributed by atoms with E-state index in [0.29, 0.717) is 0 Å². The van der Waals surface area contributed by atoms with Crippen molar-refractivity contribution in [3.8, 4) is 5.69 Å². The first-order valence-corrected chi connectivity index (χ1v) is 26.9. The van der Waals surface area contributed by atoms with Gasteiger partial charge in [0.25, 0.3) is 6.71 Å². The molecule has 3 aliphatic rings. The van der Waals surface area contributed by atoms with Crippen LogP contribution >= 0.6 is 0 Å². The highest BCUT2D eigenvalue weighted by atomic mass is 28.3. The van der Waals surface area contributed by atoms with Crippen LogP contribution in [0.4, 0.5) is 34.1 Å². The molecule has 8 aromatic rings. The summed E-state index contributed by atoms with van der Waals surface area (Å²) in [7, 11) is -2.11. The van der Waals surface area contributed by atoms with Crippen molar-refractivity contribution in [3.63, 3.8) is 0 Å². The highest BCUT2D eigenvalue weighted by molar-refractivity contribution is 7.05. The summed E-state index contributed by atoms with van der Waals surface area (Å²) in [5.74, 6) is 0. The minimum absolute atomic E-state index is 0.0116. The normalized spacial score (nSPS) is 15.0. The molecule has 326 valence electrons. The third kappa shape index (κ3) is 6.20. The molecular weight excluding hydrogens is 802 g/mol. The highest BCUT2D eigenvalue weighted by Crippen LogP contribution is 2.48. The van der Waals surface area contributed by atoms with Gasteiger partial charge in [0, 0.05) is 50.4 Å². The Hall–Kier alpha value is -5.78. The molecular formula is C60H64BN3Si. The molecule has 0 saturated carbocycles. The van der Waals surface area contributed by atoms with Crippen LogP contribution in [-0.2, 0) is 21.7 Å². The molecule has 0 N–H and O–H groups in total. The maximum Gasteiger partial charge on any atom is 0.252 e. The molecule has 1 aromatic heterocycles. The van der Waals surface area contributed by atoms with E-state index >= 15 is 0 Å². The standard InChI is InChI=1S/C60H64BN3Si/c1-57(2,3)37-22-27-41(28-23-37)62(42-29-24-38(25-30-42)58(4,5)6)43-35-50-54-51(36-43)64-49-19-15-16-20-52(49)65(13,14)53-21-17-18-46(56(53)64)61(54)47-34-40(60(10,11)12)33-45-44-32-39(59(7,8)9)26-31-48(44)63(50)55(45)47/h15-36H,1-14H3. The molecule has 0 radical (unpaired) electrons. The lowest BCUT2D eigenvalue weighted by Gasteiger charge is -2.48. The van der Waals surface area contributed by atoms with Gasteiger partial charge in [0.05, 0.1) is 11.2 Å². The van der Waals surface area contributed by atoms with Crippen LogP contribution in [0.3, 0.4) is 0 Å². The van der Waals surface area contributed by atoms with Gasteiger partial charge in [0.2, 0.25) is 0 Å². The molecule has 0 saturated heterocycles. The van der Waals surface area contributed by atoms with Crippen LogP contribution in [0.1, 0.15) is 105 Å². The lowest BCUT2D eigenvalue weighted by Crippen LogP contribution is -2.67. The molecule has 0 aliphatic carbocycles. The molecule has 0 atom stereocenters. The van der Waals surface area contributed by atoms with Crippen molar-refractivity contribution in [2.24, 2.45) is 0 Å². The summed E-state index contributed by atoms with van der Waals surface area (Å²) >= 11 is 0. The quantitative estimate of drug-likeness (QED) is 0.164. The van der Waals surface area contributed by atoms with Gasteiger partial charge in [-0.3, -0.25) is 0 Å². The van der Waals surface area contributed by atoms with Crippen LogP contribution in [0.5, 0.6) is 0 Å². The largest absolute Gasteiger partial charge is 0.312 e. The van der Waals surface area contributed by atoms with E-state index in [0.717, 1.165) is 17.1 Å². The Morgan fingerprint density at radius 3 is 1.58 bits per heavy atom. The summed E-state index contributed by atoms with van der Waals surface area (Å²) in [5.41, 5.74) is 21.0. The summed E-state index contributed by atoms with van der Waals surface area (Å²) in [5, 5.41) is 5.69. The van der Waals surface area contributed by atoms with Gasteiger partial charge >= 0.3 is 0 Å². The van der Waals surface area contributed by atoms with E-state index in [1.165, 1.54) is 93.6 Å². The van der Waals surface area contributed by atoms with Crippen LogP contribution in [0, 0.1) is 0 Å². The fourth-order valence-electron chi connectivity index (χ4n) is 11.4. The molecule has 4 heterocycles. The Morgan fingerprint density at radius 1 is 0.446 bits per heavy atom. The fourth-order valence-corrected chi connectivity index (χ4v) is 14.4. The Labute approximate surface area is 389 Å². The number of nitrogens with zero attached hydrogens (tertiary/aromatic N) is 3. The molecule has 0 amide bonds. The zero-order chi connectivity index (χ0) is 45.9. The number of benzene rings is 7. The van der Waals surface area contributed by atoms with Crippen molar-refractivity contribution in [3.05, 3.63) is 156 Å². The van der Waals surface area contributed by atoms with Crippen molar-refractivity contribution in [2.75, 3.05) is 9.80 Å². The Morgan fingerprint density at radius 2 is 0.985 bits per heavy atom. The second-order valence-electron chi connectivity index (χ2n) is 24.0. The molecule has 3 nitrogen and oxygen atoms in total. The summed E-state index contributed by atoms with van der Waals surface area (Å²) in [6, 6.07) is 52.8. The average molecular weight is 866 g/mol. The molecule has 65 heavy (non-hydrogen) atoms. The van der Waals surface area contributed by atoms with Crippen LogP contribution < -0.4 is 36.6 Å². The van der Waals surface area contributed by atoms with Gasteiger partial charge < -0.3 is 14.4 Å². The first-order chi connectivity index (χ1) is 30.5. The lowest BCUT2D eigenvalue weighted by atomic mass is 9.33. The van der Waals surface area contributed by atoms with Gasteiger partial charge in [-0.25, -0.2) is 0 Å². The minimum atomic E-state index is -2.11. The van der Waals surface area contributed by atoms with E-state index in [-0.39, 0.29) is 28.4 Å². The van der Waals surface area contributed by atoms with Crippen LogP contribution in [-0.4, -0.2) is 19.4 Å². The number of anilines is 6. The van der Waals surface area contributed by atoms with Crippen molar-refractivity contribution in [2.45, 2.75) is 118 Å². The number of aromatic nitrogens is 1. The van der Waals surface area contributed by atoms with Gasteiger partial charge in [-0.15, -0.1) is 0 Å². The maximum absolute atomic E-state index is 2.68. The van der Waals surface area contributed by atoms with Gasteiger partial charge in [-0.1, -0.05) is 169 Å². The number of hydrogen-bond acceptors (Lipinski definition) is 2. The molecule has 0 unspecified atom stereocenters. The summed E-state index contributed by atoms with van der Waals surface area (Å²) in [6.45, 7) is 33.2. The Balaban J connectivity index is 1.30. The zero-order valence-corrected chi connectivity index (χ0v) is 42.1. The van der Waals surface area contributed by atoms with E-state index in [1.54, 1.807) is 0 Å². The summed E-state index contributed by atoms with van der Waals surface area (Å²) in [6.07, 6.45) is 0. The summed E-state index contributed by atoms with van der Waals surface area (Å²) in [4.78, 5) is 5.19.